The lowest BCUT2D eigenvalue weighted by Crippen LogP contribution is -2.23. The van der Waals surface area contributed by atoms with Gasteiger partial charge in [-0.2, -0.15) is 0 Å². The Morgan fingerprint density at radius 3 is 2.48 bits per heavy atom. The van der Waals surface area contributed by atoms with Crippen LogP contribution in [0.15, 0.2) is 42.7 Å². The largest absolute Gasteiger partial charge is 0.545 e. The molecule has 3 aromatic rings. The molecule has 0 fully saturated rings. The van der Waals surface area contributed by atoms with Crippen LogP contribution < -0.4 is 5.11 Å². The van der Waals surface area contributed by atoms with Gasteiger partial charge in [0.1, 0.15) is 6.33 Å². The van der Waals surface area contributed by atoms with Gasteiger partial charge in [-0.15, -0.1) is 0 Å². The Morgan fingerprint density at radius 2 is 1.71 bits per heavy atom. The van der Waals surface area contributed by atoms with Gasteiger partial charge in [0.25, 0.3) is 0 Å². The quantitative estimate of drug-likeness (QED) is 0.521. The molecule has 5 nitrogen and oxygen atoms in total. The summed E-state index contributed by atoms with van der Waals surface area (Å²) < 4.78 is 0. The molecule has 1 aliphatic carbocycles. The van der Waals surface area contributed by atoms with Gasteiger partial charge in [-0.05, 0) is 6.07 Å². The molecular formula is C16H7N2O3-. The van der Waals surface area contributed by atoms with E-state index in [1.165, 1.54) is 18.5 Å². The number of carbonyl (C=O) groups excluding carboxylic acids is 2. The van der Waals surface area contributed by atoms with Crippen LogP contribution in [0.2, 0.25) is 0 Å². The van der Waals surface area contributed by atoms with Crippen LogP contribution in [0.25, 0.3) is 22.2 Å². The number of nitrogens with zero attached hydrogens (tertiary/aromatic N) is 2. The number of carboxylic acid groups (broad SMARTS) is 1. The van der Waals surface area contributed by atoms with Crippen molar-refractivity contribution in [2.75, 3.05) is 0 Å². The molecule has 0 N–H and O–H groups in total. The maximum absolute atomic E-state index is 12.6. The number of aromatic carboxylic acids is 1. The first-order valence-corrected chi connectivity index (χ1v) is 6.31. The van der Waals surface area contributed by atoms with Gasteiger partial charge in [-0.25, -0.2) is 9.97 Å². The third kappa shape index (κ3) is 1.45. The smallest absolute Gasteiger partial charge is 0.194 e. The molecule has 1 heterocycles. The van der Waals surface area contributed by atoms with Crippen LogP contribution in [-0.2, 0) is 0 Å². The molecule has 5 heteroatoms. The number of fused-ring (bicyclic) bond motifs is 2. The Labute approximate surface area is 118 Å². The average Bonchev–Trinajstić information content (AvgIpc) is 2.51. The molecule has 0 saturated carbocycles. The summed E-state index contributed by atoms with van der Waals surface area (Å²) in [5, 5.41) is 11.7. The molecule has 100 valence electrons. The second-order valence-corrected chi connectivity index (χ2v) is 4.77. The maximum Gasteiger partial charge on any atom is 0.194 e. The number of carboxylic acids is 1. The zero-order chi connectivity index (χ0) is 14.6. The Bertz CT molecular complexity index is 947. The highest BCUT2D eigenvalue weighted by Crippen LogP contribution is 2.37. The molecule has 0 unspecified atom stereocenters. The van der Waals surface area contributed by atoms with Gasteiger partial charge in [-0.3, -0.25) is 4.79 Å². The summed E-state index contributed by atoms with van der Waals surface area (Å²) in [5.41, 5.74) is 2.45. The van der Waals surface area contributed by atoms with Crippen LogP contribution in [0.1, 0.15) is 26.3 Å². The van der Waals surface area contributed by atoms with E-state index in [0.29, 0.717) is 27.8 Å². The van der Waals surface area contributed by atoms with Gasteiger partial charge in [0.15, 0.2) is 5.78 Å². The molecule has 2 aromatic carbocycles. The van der Waals surface area contributed by atoms with Crippen molar-refractivity contribution in [3.8, 4) is 11.3 Å². The Morgan fingerprint density at radius 1 is 0.952 bits per heavy atom. The highest BCUT2D eigenvalue weighted by molar-refractivity contribution is 6.26. The number of aromatic nitrogens is 2. The number of ketones is 1. The molecular weight excluding hydrogens is 268 g/mol. The highest BCUT2D eigenvalue weighted by atomic mass is 16.4. The third-order valence-corrected chi connectivity index (χ3v) is 3.68. The summed E-state index contributed by atoms with van der Waals surface area (Å²) in [5.74, 6) is -1.47. The van der Waals surface area contributed by atoms with Gasteiger partial charge < -0.3 is 9.90 Å². The van der Waals surface area contributed by atoms with Crippen LogP contribution in [0.3, 0.4) is 0 Å². The lowest BCUT2D eigenvalue weighted by Gasteiger charge is -2.19. The molecule has 21 heavy (non-hydrogen) atoms. The van der Waals surface area contributed by atoms with Crippen LogP contribution in [-0.4, -0.2) is 21.7 Å². The highest BCUT2D eigenvalue weighted by Gasteiger charge is 2.27. The number of benzene rings is 2. The zero-order valence-corrected chi connectivity index (χ0v) is 10.7. The average molecular weight is 275 g/mol. The molecule has 0 saturated heterocycles. The minimum atomic E-state index is -1.32. The molecule has 1 aliphatic rings. The summed E-state index contributed by atoms with van der Waals surface area (Å²) in [7, 11) is 0. The fourth-order valence-corrected chi connectivity index (χ4v) is 2.76. The van der Waals surface area contributed by atoms with Gasteiger partial charge in [0.05, 0.1) is 17.2 Å². The molecule has 0 amide bonds. The Hall–Kier alpha value is -3.08. The van der Waals surface area contributed by atoms with Gasteiger partial charge in [0, 0.05) is 27.6 Å². The van der Waals surface area contributed by atoms with Crippen molar-refractivity contribution >= 4 is 22.7 Å². The van der Waals surface area contributed by atoms with Crippen molar-refractivity contribution in [3.63, 3.8) is 0 Å². The minimum absolute atomic E-state index is 0.0374. The van der Waals surface area contributed by atoms with E-state index in [0.717, 1.165) is 0 Å². The topological polar surface area (TPSA) is 83.0 Å². The van der Waals surface area contributed by atoms with E-state index in [-0.39, 0.29) is 16.9 Å². The summed E-state index contributed by atoms with van der Waals surface area (Å²) in [4.78, 5) is 32.0. The fourth-order valence-electron chi connectivity index (χ4n) is 2.76. The van der Waals surface area contributed by atoms with Gasteiger partial charge >= 0.3 is 0 Å². The fraction of sp³-hybridized carbons (Fsp3) is 0. The van der Waals surface area contributed by atoms with E-state index < -0.39 is 5.97 Å². The SMILES string of the molecule is O=C([O-])c1ccc2c3c(ncnc13)-c1ccccc1C2=O. The van der Waals surface area contributed by atoms with Crippen LogP contribution in [0.5, 0.6) is 0 Å². The number of rotatable bonds is 1. The molecule has 0 atom stereocenters. The Balaban J connectivity index is 2.23. The van der Waals surface area contributed by atoms with Crippen molar-refractivity contribution in [2.24, 2.45) is 0 Å². The van der Waals surface area contributed by atoms with Crippen LogP contribution in [0, 0.1) is 0 Å². The molecule has 4 rings (SSSR count). The number of hydrogen-bond donors (Lipinski definition) is 0. The van der Waals surface area contributed by atoms with Crippen molar-refractivity contribution < 1.29 is 14.7 Å². The standard InChI is InChI=1S/C16H8N2O3/c19-15-9-4-2-1-3-8(9)13-12-10(15)5-6-11(16(20)21)14(12)18-7-17-13/h1-7H,(H,20,21)/p-1. The first-order chi connectivity index (χ1) is 10.2. The van der Waals surface area contributed by atoms with Gasteiger partial charge in [-0.1, -0.05) is 30.3 Å². The lowest BCUT2D eigenvalue weighted by molar-refractivity contribution is -0.254. The first-order valence-electron chi connectivity index (χ1n) is 6.31. The van der Waals surface area contributed by atoms with E-state index >= 15 is 0 Å². The number of hydrogen-bond acceptors (Lipinski definition) is 5. The van der Waals surface area contributed by atoms with Gasteiger partial charge in [0.2, 0.25) is 0 Å². The zero-order valence-electron chi connectivity index (χ0n) is 10.7. The van der Waals surface area contributed by atoms with Crippen molar-refractivity contribution in [3.05, 3.63) is 59.4 Å². The first kappa shape index (κ1) is 11.7. The number of carbonyl (C=O) groups is 2. The normalized spacial score (nSPS) is 12.3. The predicted molar refractivity (Wildman–Crippen MR) is 72.7 cm³/mol. The third-order valence-electron chi connectivity index (χ3n) is 3.68. The molecule has 1 aromatic heterocycles. The van der Waals surface area contributed by atoms with E-state index in [9.17, 15) is 14.7 Å². The monoisotopic (exact) mass is 275 g/mol. The van der Waals surface area contributed by atoms with Crippen molar-refractivity contribution in [1.82, 2.24) is 9.97 Å². The summed E-state index contributed by atoms with van der Waals surface area (Å²) >= 11 is 0. The summed E-state index contributed by atoms with van der Waals surface area (Å²) in [6.07, 6.45) is 1.31. The van der Waals surface area contributed by atoms with Crippen molar-refractivity contribution in [1.29, 1.82) is 0 Å². The van der Waals surface area contributed by atoms with E-state index in [2.05, 4.69) is 9.97 Å². The van der Waals surface area contributed by atoms with E-state index in [4.69, 9.17) is 0 Å². The van der Waals surface area contributed by atoms with Crippen LogP contribution >= 0.6 is 0 Å². The predicted octanol–water partition coefficient (Wildman–Crippen LogP) is 1.20. The van der Waals surface area contributed by atoms with E-state index in [1.807, 2.05) is 6.07 Å². The van der Waals surface area contributed by atoms with Crippen LogP contribution in [0.4, 0.5) is 0 Å². The summed E-state index contributed by atoms with van der Waals surface area (Å²) in [6, 6.07) is 9.99. The van der Waals surface area contributed by atoms with E-state index in [1.54, 1.807) is 18.2 Å². The maximum atomic E-state index is 12.6. The second-order valence-electron chi connectivity index (χ2n) is 4.77. The molecule has 0 bridgehead atoms. The minimum Gasteiger partial charge on any atom is -0.545 e. The summed E-state index contributed by atoms with van der Waals surface area (Å²) in [6.45, 7) is 0. The molecule has 0 radical (unpaired) electrons. The molecule has 0 spiro atoms. The van der Waals surface area contributed by atoms with Crippen molar-refractivity contribution in [2.45, 2.75) is 0 Å². The Kier molecular flexibility index (Phi) is 2.21. The second kappa shape index (κ2) is 3.96. The lowest BCUT2D eigenvalue weighted by atomic mass is 9.86. The molecule has 0 aliphatic heterocycles.